The Labute approximate surface area is 116 Å². The first-order chi connectivity index (χ1) is 8.66. The number of carbonyl (C=O) groups is 1. The van der Waals surface area contributed by atoms with Gasteiger partial charge in [-0.3, -0.25) is 4.55 Å². The number of rotatable bonds is 10. The molecule has 0 aliphatic rings. The van der Waals surface area contributed by atoms with Gasteiger partial charge in [0.15, 0.2) is 6.54 Å². The first-order valence-electron chi connectivity index (χ1n) is 6.59. The molecule has 0 fully saturated rings. The van der Waals surface area contributed by atoms with E-state index in [4.69, 9.17) is 9.29 Å². The zero-order valence-corrected chi connectivity index (χ0v) is 12.9. The van der Waals surface area contributed by atoms with Gasteiger partial charge in [-0.2, -0.15) is 8.42 Å². The molecule has 6 nitrogen and oxygen atoms in total. The molecule has 0 aliphatic carbocycles. The Morgan fingerprint density at radius 2 is 1.84 bits per heavy atom. The van der Waals surface area contributed by atoms with E-state index in [2.05, 4.69) is 6.92 Å². The van der Waals surface area contributed by atoms with Crippen LogP contribution in [-0.2, 0) is 19.6 Å². The molecule has 19 heavy (non-hydrogen) atoms. The summed E-state index contributed by atoms with van der Waals surface area (Å²) in [6.07, 6.45) is 4.17. The second kappa shape index (κ2) is 8.50. The second-order valence-electron chi connectivity index (χ2n) is 5.38. The number of hydrogen-bond acceptors (Lipinski definition) is 4. The normalized spacial score (nSPS) is 12.4. The van der Waals surface area contributed by atoms with Gasteiger partial charge in [0.2, 0.25) is 0 Å². The fourth-order valence-electron chi connectivity index (χ4n) is 1.55. The van der Waals surface area contributed by atoms with Crippen LogP contribution >= 0.6 is 0 Å². The molecule has 114 valence electrons. The lowest BCUT2D eigenvalue weighted by atomic mass is 10.2. The Balaban J connectivity index is 3.89. The summed E-state index contributed by atoms with van der Waals surface area (Å²) >= 11 is 0. The van der Waals surface area contributed by atoms with Gasteiger partial charge in [-0.25, -0.2) is 4.79 Å². The molecule has 0 aromatic rings. The van der Waals surface area contributed by atoms with Crippen molar-refractivity contribution >= 4 is 16.1 Å². The molecule has 0 atom stereocenters. The van der Waals surface area contributed by atoms with Crippen molar-refractivity contribution in [3.05, 3.63) is 0 Å². The Hall–Kier alpha value is -0.660. The van der Waals surface area contributed by atoms with Crippen molar-refractivity contribution < 1.29 is 27.0 Å². The summed E-state index contributed by atoms with van der Waals surface area (Å²) in [5, 5.41) is 0. The van der Waals surface area contributed by atoms with Crippen molar-refractivity contribution in [2.24, 2.45) is 0 Å². The SMILES string of the molecule is CCCCCCOC(=O)C[N+](C)(C)CCS(=O)(=O)O. The number of carbonyl (C=O) groups excluding carboxylic acids is 1. The quantitative estimate of drug-likeness (QED) is 0.282. The number of hydrogen-bond donors (Lipinski definition) is 1. The van der Waals surface area contributed by atoms with Gasteiger partial charge >= 0.3 is 5.97 Å². The van der Waals surface area contributed by atoms with Crippen LogP contribution in [0.25, 0.3) is 0 Å². The van der Waals surface area contributed by atoms with Crippen LogP contribution in [0.15, 0.2) is 0 Å². The van der Waals surface area contributed by atoms with Gasteiger partial charge < -0.3 is 9.22 Å². The second-order valence-corrected chi connectivity index (χ2v) is 6.96. The minimum atomic E-state index is -3.99. The number of likely N-dealkylation sites (N-methyl/N-ethyl adjacent to an activating group) is 1. The maximum atomic E-state index is 11.6. The highest BCUT2D eigenvalue weighted by molar-refractivity contribution is 7.85. The Morgan fingerprint density at radius 3 is 2.37 bits per heavy atom. The molecule has 0 aliphatic heterocycles. The maximum absolute atomic E-state index is 11.6. The summed E-state index contributed by atoms with van der Waals surface area (Å²) < 4.78 is 35.3. The summed E-state index contributed by atoms with van der Waals surface area (Å²) in [6, 6.07) is 0. The van der Waals surface area contributed by atoms with Crippen molar-refractivity contribution in [3.63, 3.8) is 0 Å². The lowest BCUT2D eigenvalue weighted by Gasteiger charge is -2.27. The van der Waals surface area contributed by atoms with Crippen molar-refractivity contribution in [1.29, 1.82) is 0 Å². The van der Waals surface area contributed by atoms with E-state index in [1.54, 1.807) is 14.1 Å². The molecule has 0 rings (SSSR count). The first-order valence-corrected chi connectivity index (χ1v) is 8.20. The molecule has 0 unspecified atom stereocenters. The Kier molecular flexibility index (Phi) is 8.20. The number of ether oxygens (including phenoxy) is 1. The summed E-state index contributed by atoms with van der Waals surface area (Å²) in [4.78, 5) is 11.6. The molecular formula is C12H26NO5S+. The molecule has 7 heteroatoms. The molecule has 0 amide bonds. The highest BCUT2D eigenvalue weighted by Gasteiger charge is 2.23. The van der Waals surface area contributed by atoms with Crippen molar-refractivity contribution in [3.8, 4) is 0 Å². The third-order valence-corrected chi connectivity index (χ3v) is 3.47. The smallest absolute Gasteiger partial charge is 0.361 e. The fourth-order valence-corrected chi connectivity index (χ4v) is 2.28. The zero-order chi connectivity index (χ0) is 14.9. The molecule has 0 bridgehead atoms. The highest BCUT2D eigenvalue weighted by atomic mass is 32.2. The van der Waals surface area contributed by atoms with E-state index in [1.165, 1.54) is 0 Å². The first kappa shape index (κ1) is 18.3. The molecule has 0 spiro atoms. The topological polar surface area (TPSA) is 80.7 Å². The number of quaternary nitrogens is 1. The largest absolute Gasteiger partial charge is 0.462 e. The lowest BCUT2D eigenvalue weighted by Crippen LogP contribution is -2.47. The molecule has 0 aromatic carbocycles. The molecule has 0 saturated heterocycles. The van der Waals surface area contributed by atoms with E-state index in [0.717, 1.165) is 25.7 Å². The number of esters is 1. The maximum Gasteiger partial charge on any atom is 0.361 e. The van der Waals surface area contributed by atoms with Crippen LogP contribution in [0.1, 0.15) is 32.6 Å². The van der Waals surface area contributed by atoms with Crippen LogP contribution in [0.5, 0.6) is 0 Å². The molecule has 0 saturated carbocycles. The van der Waals surface area contributed by atoms with Crippen molar-refractivity contribution in [2.75, 3.05) is 39.5 Å². The summed E-state index contributed by atoms with van der Waals surface area (Å²) in [6.45, 7) is 2.80. The van der Waals surface area contributed by atoms with E-state index in [-0.39, 0.29) is 29.3 Å². The van der Waals surface area contributed by atoms with Crippen molar-refractivity contribution in [2.45, 2.75) is 32.6 Å². The molecule has 0 radical (unpaired) electrons. The van der Waals surface area contributed by atoms with E-state index < -0.39 is 10.1 Å². The van der Waals surface area contributed by atoms with Gasteiger partial charge in [-0.15, -0.1) is 0 Å². The summed E-state index contributed by atoms with van der Waals surface area (Å²) in [5.74, 6) is -0.694. The average molecular weight is 296 g/mol. The standard InChI is InChI=1S/C12H25NO5S/c1-4-5-6-7-9-18-12(14)11-13(2,3)8-10-19(15,16)17/h4-11H2,1-3H3/p+1. The van der Waals surface area contributed by atoms with Crippen molar-refractivity contribution in [1.82, 2.24) is 0 Å². The summed E-state index contributed by atoms with van der Waals surface area (Å²) in [7, 11) is -0.537. The van der Waals surface area contributed by atoms with E-state index in [0.29, 0.717) is 6.61 Å². The molecule has 0 aromatic heterocycles. The lowest BCUT2D eigenvalue weighted by molar-refractivity contribution is -0.880. The van der Waals surface area contributed by atoms with Gasteiger partial charge in [-0.1, -0.05) is 26.2 Å². The molecule has 0 heterocycles. The van der Waals surface area contributed by atoms with Crippen LogP contribution in [0.2, 0.25) is 0 Å². The number of nitrogens with zero attached hydrogens (tertiary/aromatic N) is 1. The van der Waals surface area contributed by atoms with Gasteiger partial charge in [0.05, 0.1) is 27.2 Å². The minimum absolute atomic E-state index is 0.100. The monoisotopic (exact) mass is 296 g/mol. The van der Waals surface area contributed by atoms with Crippen LogP contribution < -0.4 is 0 Å². The van der Waals surface area contributed by atoms with E-state index in [9.17, 15) is 13.2 Å². The zero-order valence-electron chi connectivity index (χ0n) is 12.1. The van der Waals surface area contributed by atoms with Crippen LogP contribution in [0.4, 0.5) is 0 Å². The number of unbranched alkanes of at least 4 members (excludes halogenated alkanes) is 3. The summed E-state index contributed by atoms with van der Waals surface area (Å²) in [5.41, 5.74) is 0. The van der Waals surface area contributed by atoms with Gasteiger partial charge in [0.25, 0.3) is 10.1 Å². The minimum Gasteiger partial charge on any atom is -0.462 e. The van der Waals surface area contributed by atoms with Crippen LogP contribution in [-0.4, -0.2) is 63.0 Å². The van der Waals surface area contributed by atoms with E-state index in [1.807, 2.05) is 0 Å². The predicted octanol–water partition coefficient (Wildman–Crippen LogP) is 1.07. The van der Waals surface area contributed by atoms with E-state index >= 15 is 0 Å². The Bertz CT molecular complexity index is 364. The van der Waals surface area contributed by atoms with Crippen LogP contribution in [0, 0.1) is 0 Å². The Morgan fingerprint density at radius 1 is 1.21 bits per heavy atom. The highest BCUT2D eigenvalue weighted by Crippen LogP contribution is 2.02. The average Bonchev–Trinajstić information content (AvgIpc) is 2.25. The molecular weight excluding hydrogens is 270 g/mol. The third-order valence-electron chi connectivity index (χ3n) is 2.77. The van der Waals surface area contributed by atoms with Crippen LogP contribution in [0.3, 0.4) is 0 Å². The molecule has 1 N–H and O–H groups in total. The third kappa shape index (κ3) is 12.1. The van der Waals surface area contributed by atoms with Gasteiger partial charge in [0, 0.05) is 0 Å². The van der Waals surface area contributed by atoms with Gasteiger partial charge in [-0.05, 0) is 6.42 Å². The predicted molar refractivity (Wildman–Crippen MR) is 73.4 cm³/mol. The van der Waals surface area contributed by atoms with Gasteiger partial charge in [0.1, 0.15) is 5.75 Å². The fraction of sp³-hybridized carbons (Fsp3) is 0.917.